The summed E-state index contributed by atoms with van der Waals surface area (Å²) in [4.78, 5) is 24.2. The fraction of sp³-hybridized carbons (Fsp3) is 0.222. The van der Waals surface area contributed by atoms with E-state index in [0.29, 0.717) is 21.5 Å². The molecule has 2 aromatic rings. The molecule has 5 nitrogen and oxygen atoms in total. The van der Waals surface area contributed by atoms with Crippen LogP contribution in [0.2, 0.25) is 10.0 Å². The molecule has 0 spiro atoms. The number of hydrogen-bond acceptors (Lipinski definition) is 4. The molecule has 0 radical (unpaired) electrons. The van der Waals surface area contributed by atoms with Gasteiger partial charge < -0.3 is 14.8 Å². The lowest BCUT2D eigenvalue weighted by Crippen LogP contribution is -2.35. The van der Waals surface area contributed by atoms with E-state index in [-0.39, 0.29) is 0 Å². The Hall–Kier alpha value is -2.24. The van der Waals surface area contributed by atoms with Gasteiger partial charge in [0.2, 0.25) is 0 Å². The topological polar surface area (TPSA) is 64.6 Å². The predicted octanol–water partition coefficient (Wildman–Crippen LogP) is 4.33. The minimum atomic E-state index is -1.000. The first-order chi connectivity index (χ1) is 11.9. The van der Waals surface area contributed by atoms with Crippen molar-refractivity contribution < 1.29 is 19.1 Å². The molecule has 132 valence electrons. The number of para-hydroxylation sites is 1. The number of halogens is 2. The second kappa shape index (κ2) is 8.74. The number of carbonyl (C=O) groups excluding carboxylic acids is 2. The van der Waals surface area contributed by atoms with Crippen LogP contribution in [0.1, 0.15) is 13.8 Å². The van der Waals surface area contributed by atoms with Gasteiger partial charge in [-0.25, -0.2) is 4.79 Å². The Morgan fingerprint density at radius 3 is 2.24 bits per heavy atom. The maximum Gasteiger partial charge on any atom is 0.347 e. The zero-order valence-electron chi connectivity index (χ0n) is 13.7. The molecule has 0 aliphatic carbocycles. The standard InChI is InChI=1S/C18H17Cl2NO4/c1-11(17(22)21-16-6-4-3-5-15(16)20)25-18(23)12(2)24-14-9-7-13(19)8-10-14/h3-12H,1-2H3,(H,21,22)/t11-,12+/m1/s1. The normalized spacial score (nSPS) is 12.8. The van der Waals surface area contributed by atoms with Gasteiger partial charge in [-0.3, -0.25) is 4.79 Å². The van der Waals surface area contributed by atoms with E-state index in [4.69, 9.17) is 32.7 Å². The fourth-order valence-corrected chi connectivity index (χ4v) is 2.19. The van der Waals surface area contributed by atoms with Crippen molar-refractivity contribution in [2.75, 3.05) is 5.32 Å². The van der Waals surface area contributed by atoms with Gasteiger partial charge in [0.25, 0.3) is 5.91 Å². The van der Waals surface area contributed by atoms with Gasteiger partial charge in [0, 0.05) is 5.02 Å². The number of amides is 1. The van der Waals surface area contributed by atoms with Crippen LogP contribution in [0.15, 0.2) is 48.5 Å². The highest BCUT2D eigenvalue weighted by atomic mass is 35.5. The number of ether oxygens (including phenoxy) is 2. The van der Waals surface area contributed by atoms with Crippen LogP contribution in [-0.2, 0) is 14.3 Å². The lowest BCUT2D eigenvalue weighted by atomic mass is 10.3. The van der Waals surface area contributed by atoms with Gasteiger partial charge in [0.1, 0.15) is 5.75 Å². The lowest BCUT2D eigenvalue weighted by molar-refractivity contribution is -0.159. The Labute approximate surface area is 155 Å². The quantitative estimate of drug-likeness (QED) is 0.756. The summed E-state index contributed by atoms with van der Waals surface area (Å²) < 4.78 is 10.6. The summed E-state index contributed by atoms with van der Waals surface area (Å²) >= 11 is 11.8. The number of rotatable bonds is 6. The highest BCUT2D eigenvalue weighted by Gasteiger charge is 2.23. The molecule has 0 heterocycles. The minimum Gasteiger partial charge on any atom is -0.479 e. The number of esters is 1. The molecule has 0 aliphatic heterocycles. The Kier molecular flexibility index (Phi) is 6.67. The Morgan fingerprint density at radius 1 is 0.960 bits per heavy atom. The molecule has 1 amide bonds. The third-order valence-electron chi connectivity index (χ3n) is 3.25. The van der Waals surface area contributed by atoms with E-state index >= 15 is 0 Å². The molecule has 0 fully saturated rings. The molecule has 2 rings (SSSR count). The van der Waals surface area contributed by atoms with E-state index in [1.807, 2.05) is 0 Å². The van der Waals surface area contributed by atoms with E-state index in [2.05, 4.69) is 5.32 Å². The van der Waals surface area contributed by atoms with Crippen molar-refractivity contribution >= 4 is 40.8 Å². The lowest BCUT2D eigenvalue weighted by Gasteiger charge is -2.18. The summed E-state index contributed by atoms with van der Waals surface area (Å²) in [5.41, 5.74) is 0.447. The van der Waals surface area contributed by atoms with Gasteiger partial charge in [-0.05, 0) is 50.2 Å². The van der Waals surface area contributed by atoms with Gasteiger partial charge in [-0.15, -0.1) is 0 Å². The van der Waals surface area contributed by atoms with Crippen LogP contribution in [0, 0.1) is 0 Å². The molecular weight excluding hydrogens is 365 g/mol. The molecular formula is C18H17Cl2NO4. The van der Waals surface area contributed by atoms with Crippen LogP contribution in [0.25, 0.3) is 0 Å². The summed E-state index contributed by atoms with van der Waals surface area (Å²) in [5.74, 6) is -0.668. The van der Waals surface area contributed by atoms with Crippen molar-refractivity contribution in [3.63, 3.8) is 0 Å². The first-order valence-electron chi connectivity index (χ1n) is 7.55. The van der Waals surface area contributed by atoms with Crippen molar-refractivity contribution in [3.05, 3.63) is 58.6 Å². The molecule has 0 saturated carbocycles. The molecule has 0 saturated heterocycles. The minimum absolute atomic E-state index is 0.397. The maximum atomic E-state index is 12.1. The van der Waals surface area contributed by atoms with Crippen LogP contribution < -0.4 is 10.1 Å². The number of anilines is 1. The van der Waals surface area contributed by atoms with Gasteiger partial charge >= 0.3 is 5.97 Å². The Balaban J connectivity index is 1.89. The van der Waals surface area contributed by atoms with E-state index in [0.717, 1.165) is 0 Å². The van der Waals surface area contributed by atoms with Crippen molar-refractivity contribution in [1.82, 2.24) is 0 Å². The van der Waals surface area contributed by atoms with Crippen molar-refractivity contribution in [2.45, 2.75) is 26.1 Å². The molecule has 2 aromatic carbocycles. The van der Waals surface area contributed by atoms with Gasteiger partial charge in [0.05, 0.1) is 10.7 Å². The third-order valence-corrected chi connectivity index (χ3v) is 3.83. The summed E-state index contributed by atoms with van der Waals surface area (Å²) in [6.45, 7) is 3.01. The number of nitrogens with one attached hydrogen (secondary N) is 1. The van der Waals surface area contributed by atoms with Crippen molar-refractivity contribution in [1.29, 1.82) is 0 Å². The van der Waals surface area contributed by atoms with Crippen LogP contribution >= 0.6 is 23.2 Å². The second-order valence-electron chi connectivity index (χ2n) is 5.26. The van der Waals surface area contributed by atoms with Gasteiger partial charge in [-0.1, -0.05) is 35.3 Å². The Bertz CT molecular complexity index is 749. The average molecular weight is 382 g/mol. The summed E-state index contributed by atoms with van der Waals surface area (Å²) in [7, 11) is 0. The largest absolute Gasteiger partial charge is 0.479 e. The van der Waals surface area contributed by atoms with Crippen molar-refractivity contribution in [2.24, 2.45) is 0 Å². The summed E-state index contributed by atoms with van der Waals surface area (Å²) in [6, 6.07) is 13.4. The SMILES string of the molecule is C[C@H](Oc1ccc(Cl)cc1)C(=O)O[C@H](C)C(=O)Nc1ccccc1Cl. The third kappa shape index (κ3) is 5.66. The van der Waals surface area contributed by atoms with Crippen LogP contribution in [0.4, 0.5) is 5.69 Å². The highest BCUT2D eigenvalue weighted by molar-refractivity contribution is 6.33. The van der Waals surface area contributed by atoms with E-state index in [9.17, 15) is 9.59 Å². The molecule has 0 aliphatic rings. The first kappa shape index (κ1) is 19.1. The first-order valence-corrected chi connectivity index (χ1v) is 8.30. The molecule has 0 aromatic heterocycles. The summed E-state index contributed by atoms with van der Waals surface area (Å²) in [6.07, 6.45) is -1.88. The maximum absolute atomic E-state index is 12.1. The van der Waals surface area contributed by atoms with Crippen LogP contribution in [0.5, 0.6) is 5.75 Å². The molecule has 25 heavy (non-hydrogen) atoms. The van der Waals surface area contributed by atoms with E-state index < -0.39 is 24.1 Å². The molecule has 0 unspecified atom stereocenters. The highest BCUT2D eigenvalue weighted by Crippen LogP contribution is 2.21. The monoisotopic (exact) mass is 381 g/mol. The zero-order chi connectivity index (χ0) is 18.4. The number of benzene rings is 2. The zero-order valence-corrected chi connectivity index (χ0v) is 15.2. The molecule has 0 bridgehead atoms. The second-order valence-corrected chi connectivity index (χ2v) is 6.11. The summed E-state index contributed by atoms with van der Waals surface area (Å²) in [5, 5.41) is 3.57. The molecule has 2 atom stereocenters. The van der Waals surface area contributed by atoms with Crippen LogP contribution in [-0.4, -0.2) is 24.1 Å². The van der Waals surface area contributed by atoms with E-state index in [1.54, 1.807) is 48.5 Å². The van der Waals surface area contributed by atoms with Gasteiger partial charge in [-0.2, -0.15) is 0 Å². The smallest absolute Gasteiger partial charge is 0.347 e. The van der Waals surface area contributed by atoms with Crippen molar-refractivity contribution in [3.8, 4) is 5.75 Å². The Morgan fingerprint density at radius 2 is 1.60 bits per heavy atom. The molecule has 7 heteroatoms. The predicted molar refractivity (Wildman–Crippen MR) is 97.2 cm³/mol. The average Bonchev–Trinajstić information content (AvgIpc) is 2.58. The number of carbonyl (C=O) groups is 2. The molecule has 1 N–H and O–H groups in total. The van der Waals surface area contributed by atoms with Crippen LogP contribution in [0.3, 0.4) is 0 Å². The number of hydrogen-bond donors (Lipinski definition) is 1. The van der Waals surface area contributed by atoms with Gasteiger partial charge in [0.15, 0.2) is 12.2 Å². The van der Waals surface area contributed by atoms with E-state index in [1.165, 1.54) is 13.8 Å². The fourth-order valence-electron chi connectivity index (χ4n) is 1.89.